The quantitative estimate of drug-likeness (QED) is 0.634. The monoisotopic (exact) mass is 348 g/mol. The number of benzene rings is 1. The molecule has 0 fully saturated rings. The molecule has 2 N–H and O–H groups in total. The van der Waals surface area contributed by atoms with Gasteiger partial charge >= 0.3 is 6.03 Å². The Hall–Kier alpha value is -2.35. The Labute approximate surface area is 143 Å². The highest BCUT2D eigenvalue weighted by molar-refractivity contribution is 7.99. The van der Waals surface area contributed by atoms with Crippen LogP contribution in [0.25, 0.3) is 10.9 Å². The minimum atomic E-state index is -0.532. The average molecular weight is 348 g/mol. The lowest BCUT2D eigenvalue weighted by molar-refractivity contribution is -0.117. The van der Waals surface area contributed by atoms with E-state index in [1.54, 1.807) is 32.0 Å². The van der Waals surface area contributed by atoms with E-state index in [0.29, 0.717) is 22.6 Å². The Bertz CT molecular complexity index is 817. The van der Waals surface area contributed by atoms with Crippen LogP contribution in [0.4, 0.5) is 4.79 Å². The van der Waals surface area contributed by atoms with E-state index in [4.69, 9.17) is 0 Å². The van der Waals surface area contributed by atoms with E-state index < -0.39 is 11.9 Å². The fourth-order valence-corrected chi connectivity index (χ4v) is 2.99. The van der Waals surface area contributed by atoms with Gasteiger partial charge in [-0.2, -0.15) is 0 Å². The summed E-state index contributed by atoms with van der Waals surface area (Å²) < 4.78 is 1.52. The second-order valence-corrected chi connectivity index (χ2v) is 6.37. The lowest BCUT2D eigenvalue weighted by Crippen LogP contribution is -2.43. The Morgan fingerprint density at radius 1 is 1.29 bits per heavy atom. The molecule has 1 heterocycles. The first kappa shape index (κ1) is 18.0. The fourth-order valence-electron chi connectivity index (χ4n) is 2.13. The maximum Gasteiger partial charge on any atom is 0.321 e. The molecule has 0 aliphatic carbocycles. The molecule has 8 heteroatoms. The van der Waals surface area contributed by atoms with Crippen LogP contribution < -0.4 is 16.2 Å². The van der Waals surface area contributed by atoms with E-state index in [1.165, 1.54) is 4.57 Å². The van der Waals surface area contributed by atoms with E-state index in [1.807, 2.05) is 13.0 Å². The number of carbonyl (C=O) groups is 2. The molecular weight excluding hydrogens is 328 g/mol. The van der Waals surface area contributed by atoms with Crippen LogP contribution in [0.1, 0.15) is 20.8 Å². The van der Waals surface area contributed by atoms with Crippen molar-refractivity contribution in [2.75, 3.05) is 5.75 Å². The zero-order chi connectivity index (χ0) is 17.7. The summed E-state index contributed by atoms with van der Waals surface area (Å²) in [6.07, 6.45) is 0. The Balaban J connectivity index is 2.14. The molecule has 0 saturated carbocycles. The van der Waals surface area contributed by atoms with E-state index in [0.717, 1.165) is 11.8 Å². The van der Waals surface area contributed by atoms with Crippen LogP contribution in [-0.2, 0) is 11.3 Å². The molecule has 0 unspecified atom stereocenters. The Morgan fingerprint density at radius 2 is 2.00 bits per heavy atom. The second kappa shape index (κ2) is 7.96. The van der Waals surface area contributed by atoms with Crippen molar-refractivity contribution in [2.24, 2.45) is 0 Å². The maximum absolute atomic E-state index is 12.5. The number of nitrogens with zero attached hydrogens (tertiary/aromatic N) is 2. The predicted molar refractivity (Wildman–Crippen MR) is 94.2 cm³/mol. The third kappa shape index (κ3) is 4.35. The summed E-state index contributed by atoms with van der Waals surface area (Å²) in [6.45, 7) is 5.90. The molecule has 1 aromatic carbocycles. The molecule has 2 aromatic rings. The number of nitrogens with one attached hydrogen (secondary N) is 2. The van der Waals surface area contributed by atoms with Crippen LogP contribution in [-0.4, -0.2) is 33.3 Å². The molecule has 0 saturated heterocycles. The number of thioether (sulfide) groups is 1. The number of para-hydroxylation sites is 1. The van der Waals surface area contributed by atoms with Gasteiger partial charge in [0.15, 0.2) is 5.16 Å². The van der Waals surface area contributed by atoms with Gasteiger partial charge in [0.2, 0.25) is 5.91 Å². The highest BCUT2D eigenvalue weighted by Crippen LogP contribution is 2.17. The summed E-state index contributed by atoms with van der Waals surface area (Å²) in [5, 5.41) is 5.83. The van der Waals surface area contributed by atoms with Gasteiger partial charge in [-0.05, 0) is 32.9 Å². The molecule has 0 aliphatic rings. The fraction of sp³-hybridized carbons (Fsp3) is 0.375. The van der Waals surface area contributed by atoms with Crippen molar-refractivity contribution < 1.29 is 9.59 Å². The first-order chi connectivity index (χ1) is 11.4. The molecule has 0 radical (unpaired) electrons. The normalized spacial score (nSPS) is 10.8. The Kier molecular flexibility index (Phi) is 5.97. The van der Waals surface area contributed by atoms with Crippen molar-refractivity contribution in [3.05, 3.63) is 34.6 Å². The van der Waals surface area contributed by atoms with Crippen molar-refractivity contribution in [3.63, 3.8) is 0 Å². The number of aromatic nitrogens is 2. The predicted octanol–water partition coefficient (Wildman–Crippen LogP) is 1.74. The largest absolute Gasteiger partial charge is 0.336 e. The number of imide groups is 1. The van der Waals surface area contributed by atoms with Crippen LogP contribution >= 0.6 is 11.8 Å². The number of amides is 3. The molecular formula is C16H20N4O3S. The summed E-state index contributed by atoms with van der Waals surface area (Å²) >= 11 is 1.13. The van der Waals surface area contributed by atoms with Gasteiger partial charge in [-0.25, -0.2) is 9.78 Å². The van der Waals surface area contributed by atoms with Crippen molar-refractivity contribution in [1.82, 2.24) is 20.2 Å². The van der Waals surface area contributed by atoms with Gasteiger partial charge in [-0.15, -0.1) is 0 Å². The van der Waals surface area contributed by atoms with Crippen molar-refractivity contribution in [3.8, 4) is 0 Å². The second-order valence-electron chi connectivity index (χ2n) is 5.43. The first-order valence-corrected chi connectivity index (χ1v) is 8.63. The lowest BCUT2D eigenvalue weighted by Gasteiger charge is -2.11. The minimum absolute atomic E-state index is 0.00368. The number of fused-ring (bicyclic) bond motifs is 1. The maximum atomic E-state index is 12.5. The van der Waals surface area contributed by atoms with Crippen LogP contribution in [0, 0.1) is 0 Å². The number of hydrogen-bond acceptors (Lipinski definition) is 5. The Morgan fingerprint density at radius 3 is 2.67 bits per heavy atom. The van der Waals surface area contributed by atoms with Crippen molar-refractivity contribution in [1.29, 1.82) is 0 Å². The topological polar surface area (TPSA) is 93.1 Å². The molecule has 1 aromatic heterocycles. The first-order valence-electron chi connectivity index (χ1n) is 7.65. The van der Waals surface area contributed by atoms with Crippen LogP contribution in [0.3, 0.4) is 0 Å². The van der Waals surface area contributed by atoms with Gasteiger partial charge in [-0.3, -0.25) is 19.5 Å². The van der Waals surface area contributed by atoms with Gasteiger partial charge in [0.25, 0.3) is 5.56 Å². The molecule has 3 amide bonds. The lowest BCUT2D eigenvalue weighted by atomic mass is 10.2. The SMILES string of the molecule is CCn1c(SCC(=O)NC(=O)NC(C)C)nc2ccccc2c1=O. The van der Waals surface area contributed by atoms with Crippen LogP contribution in [0.2, 0.25) is 0 Å². The minimum Gasteiger partial charge on any atom is -0.336 e. The van der Waals surface area contributed by atoms with Crippen molar-refractivity contribution in [2.45, 2.75) is 38.5 Å². The van der Waals surface area contributed by atoms with Gasteiger partial charge in [0, 0.05) is 12.6 Å². The summed E-state index contributed by atoms with van der Waals surface area (Å²) in [5.74, 6) is -0.445. The summed E-state index contributed by atoms with van der Waals surface area (Å²) in [5.41, 5.74) is 0.455. The zero-order valence-electron chi connectivity index (χ0n) is 13.8. The third-order valence-electron chi connectivity index (χ3n) is 3.15. The molecule has 128 valence electrons. The van der Waals surface area contributed by atoms with E-state index >= 15 is 0 Å². The van der Waals surface area contributed by atoms with E-state index in [-0.39, 0.29) is 17.4 Å². The summed E-state index contributed by atoms with van der Waals surface area (Å²) in [4.78, 5) is 40.3. The van der Waals surface area contributed by atoms with Gasteiger partial charge in [0.1, 0.15) is 0 Å². The summed E-state index contributed by atoms with van der Waals surface area (Å²) in [7, 11) is 0. The van der Waals surface area contributed by atoms with E-state index in [2.05, 4.69) is 15.6 Å². The highest BCUT2D eigenvalue weighted by atomic mass is 32.2. The number of rotatable bonds is 5. The molecule has 7 nitrogen and oxygen atoms in total. The number of urea groups is 1. The molecule has 24 heavy (non-hydrogen) atoms. The van der Waals surface area contributed by atoms with E-state index in [9.17, 15) is 14.4 Å². The molecule has 0 spiro atoms. The molecule has 0 atom stereocenters. The smallest absolute Gasteiger partial charge is 0.321 e. The van der Waals surface area contributed by atoms with Gasteiger partial charge in [-0.1, -0.05) is 23.9 Å². The number of hydrogen-bond donors (Lipinski definition) is 2. The molecule has 0 aliphatic heterocycles. The average Bonchev–Trinajstić information content (AvgIpc) is 2.52. The van der Waals surface area contributed by atoms with Gasteiger partial charge < -0.3 is 5.32 Å². The van der Waals surface area contributed by atoms with Crippen molar-refractivity contribution >= 4 is 34.6 Å². The third-order valence-corrected chi connectivity index (χ3v) is 4.12. The number of carbonyl (C=O) groups excluding carboxylic acids is 2. The standard InChI is InChI=1S/C16H20N4O3S/c1-4-20-14(22)11-7-5-6-8-12(11)18-16(20)24-9-13(21)19-15(23)17-10(2)3/h5-8,10H,4,9H2,1-3H3,(H2,17,19,21,23). The molecule has 2 rings (SSSR count). The zero-order valence-corrected chi connectivity index (χ0v) is 14.6. The summed E-state index contributed by atoms with van der Waals surface area (Å²) in [6, 6.07) is 6.50. The molecule has 0 bridgehead atoms. The van der Waals surface area contributed by atoms with Crippen LogP contribution in [0.15, 0.2) is 34.2 Å². The highest BCUT2D eigenvalue weighted by Gasteiger charge is 2.13. The van der Waals surface area contributed by atoms with Gasteiger partial charge in [0.05, 0.1) is 16.7 Å². The van der Waals surface area contributed by atoms with Crippen LogP contribution in [0.5, 0.6) is 0 Å².